The largest absolute Gasteiger partial charge is 0.496 e. The van der Waals surface area contributed by atoms with Crippen LogP contribution < -0.4 is 10.1 Å². The van der Waals surface area contributed by atoms with Crippen LogP contribution in [-0.2, 0) is 6.54 Å². The maximum atomic E-state index is 13.4. The van der Waals surface area contributed by atoms with Crippen molar-refractivity contribution in [1.29, 1.82) is 0 Å². The van der Waals surface area contributed by atoms with Gasteiger partial charge in [0.05, 0.1) is 17.7 Å². The normalized spacial score (nSPS) is 23.6. The van der Waals surface area contributed by atoms with Crippen molar-refractivity contribution in [3.63, 3.8) is 0 Å². The van der Waals surface area contributed by atoms with E-state index >= 15 is 0 Å². The van der Waals surface area contributed by atoms with Gasteiger partial charge >= 0.3 is 0 Å². The number of para-hydroxylation sites is 1. The molecule has 2 saturated heterocycles. The first kappa shape index (κ1) is 20.5. The number of aromatic nitrogens is 1. The fourth-order valence-corrected chi connectivity index (χ4v) is 7.15. The van der Waals surface area contributed by atoms with Gasteiger partial charge in [-0.2, -0.15) is 0 Å². The van der Waals surface area contributed by atoms with Gasteiger partial charge < -0.3 is 19.5 Å². The van der Waals surface area contributed by atoms with Gasteiger partial charge in [-0.15, -0.1) is 11.3 Å². The first-order valence-corrected chi connectivity index (χ1v) is 13.1. The smallest absolute Gasteiger partial charge is 0.254 e. The van der Waals surface area contributed by atoms with Crippen LogP contribution in [0.4, 0.5) is 0 Å². The van der Waals surface area contributed by atoms with E-state index in [1.54, 1.807) is 18.4 Å². The molecule has 1 N–H and O–H groups in total. The summed E-state index contributed by atoms with van der Waals surface area (Å²) >= 11 is 1.78. The minimum Gasteiger partial charge on any atom is -0.496 e. The van der Waals surface area contributed by atoms with E-state index in [-0.39, 0.29) is 11.9 Å². The highest BCUT2D eigenvalue weighted by molar-refractivity contribution is 7.22. The van der Waals surface area contributed by atoms with E-state index in [0.717, 1.165) is 40.4 Å². The summed E-state index contributed by atoms with van der Waals surface area (Å²) in [4.78, 5) is 16.7. The highest BCUT2D eigenvalue weighted by atomic mass is 32.1. The molecule has 3 atom stereocenters. The van der Waals surface area contributed by atoms with E-state index in [1.807, 2.05) is 11.0 Å². The van der Waals surface area contributed by atoms with E-state index < -0.39 is 0 Å². The van der Waals surface area contributed by atoms with Gasteiger partial charge in [-0.05, 0) is 62.4 Å². The average molecular weight is 472 g/mol. The Morgan fingerprint density at radius 3 is 2.76 bits per heavy atom. The molecule has 0 radical (unpaired) electrons. The number of piperazine rings is 1. The van der Waals surface area contributed by atoms with Crippen molar-refractivity contribution in [3.8, 4) is 16.3 Å². The molecular formula is C28H29N3O2S. The number of fused-ring (bicyclic) bond motifs is 3. The number of carbonyl (C=O) groups is 1. The number of thiophene rings is 1. The maximum Gasteiger partial charge on any atom is 0.254 e. The highest BCUT2D eigenvalue weighted by Gasteiger charge is 2.51. The third-order valence-corrected chi connectivity index (χ3v) is 9.30. The minimum atomic E-state index is 0.108. The lowest BCUT2D eigenvalue weighted by atomic mass is 10.1. The number of likely N-dealkylation sites (tertiary alicyclic amines) is 1. The zero-order valence-electron chi connectivity index (χ0n) is 19.8. The van der Waals surface area contributed by atoms with Crippen molar-refractivity contribution in [1.82, 2.24) is 14.8 Å². The maximum absolute atomic E-state index is 13.4. The summed E-state index contributed by atoms with van der Waals surface area (Å²) < 4.78 is 9.48. The second kappa shape index (κ2) is 7.33. The molecule has 6 heteroatoms. The number of hydrogen-bond acceptors (Lipinski definition) is 4. The summed E-state index contributed by atoms with van der Waals surface area (Å²) in [5.74, 6) is 1.68. The summed E-state index contributed by atoms with van der Waals surface area (Å²) in [5, 5.41) is 5.86. The molecule has 1 amide bonds. The molecule has 0 bridgehead atoms. The molecular weight excluding hydrogens is 442 g/mol. The summed E-state index contributed by atoms with van der Waals surface area (Å²) in [6.07, 6.45) is 2.64. The third kappa shape index (κ3) is 3.05. The molecule has 3 aliphatic rings. The molecule has 2 aromatic carbocycles. The van der Waals surface area contributed by atoms with Gasteiger partial charge in [0.25, 0.3) is 5.91 Å². The van der Waals surface area contributed by atoms with Crippen LogP contribution in [0.2, 0.25) is 0 Å². The molecule has 34 heavy (non-hydrogen) atoms. The number of ether oxygens (including phenoxy) is 1. The lowest BCUT2D eigenvalue weighted by Crippen LogP contribution is -2.40. The Bertz CT molecular complexity index is 1460. The number of nitrogens with zero attached hydrogens (tertiary/aromatic N) is 2. The summed E-state index contributed by atoms with van der Waals surface area (Å²) in [7, 11) is 1.71. The first-order chi connectivity index (χ1) is 16.5. The van der Waals surface area contributed by atoms with Crippen molar-refractivity contribution in [2.24, 2.45) is 5.92 Å². The SMILES string of the molecule is COc1cc(C(=O)N2CC3N[C@H]3C2C)cc2sc(-c3cc4ccccc4n3CC3CC3)c(C)c12. The summed E-state index contributed by atoms with van der Waals surface area (Å²) in [6, 6.07) is 16.2. The molecule has 1 aliphatic carbocycles. The quantitative estimate of drug-likeness (QED) is 0.395. The van der Waals surface area contributed by atoms with E-state index in [2.05, 4.69) is 60.1 Å². The molecule has 4 heterocycles. The molecule has 0 spiro atoms. The van der Waals surface area contributed by atoms with Crippen molar-refractivity contribution >= 4 is 38.2 Å². The van der Waals surface area contributed by atoms with E-state index in [1.165, 1.54) is 39.9 Å². The van der Waals surface area contributed by atoms with Crippen LogP contribution in [0.3, 0.4) is 0 Å². The minimum absolute atomic E-state index is 0.108. The Hall–Kier alpha value is -2.83. The van der Waals surface area contributed by atoms with Gasteiger partial charge in [-0.1, -0.05) is 18.2 Å². The Kier molecular flexibility index (Phi) is 4.43. The number of benzene rings is 2. The fraction of sp³-hybridized carbons (Fsp3) is 0.393. The van der Waals surface area contributed by atoms with Crippen molar-refractivity contribution in [2.75, 3.05) is 13.7 Å². The molecule has 7 rings (SSSR count). The summed E-state index contributed by atoms with van der Waals surface area (Å²) in [6.45, 7) is 6.20. The monoisotopic (exact) mass is 471 g/mol. The molecule has 2 aromatic heterocycles. The van der Waals surface area contributed by atoms with E-state index in [4.69, 9.17) is 4.74 Å². The van der Waals surface area contributed by atoms with Gasteiger partial charge in [-0.3, -0.25) is 4.79 Å². The number of nitrogens with one attached hydrogen (secondary N) is 1. The number of aryl methyl sites for hydroxylation is 1. The van der Waals surface area contributed by atoms with Crippen LogP contribution in [0.15, 0.2) is 42.5 Å². The van der Waals surface area contributed by atoms with Gasteiger partial charge in [0.15, 0.2) is 0 Å². The molecule has 174 valence electrons. The van der Waals surface area contributed by atoms with Crippen LogP contribution in [0.25, 0.3) is 31.6 Å². The fourth-order valence-electron chi connectivity index (χ4n) is 5.86. The predicted molar refractivity (Wildman–Crippen MR) is 138 cm³/mol. The van der Waals surface area contributed by atoms with Crippen molar-refractivity contribution < 1.29 is 9.53 Å². The molecule has 1 saturated carbocycles. The second-order valence-electron chi connectivity index (χ2n) is 10.2. The number of carbonyl (C=O) groups excluding carboxylic acids is 1. The Labute approximate surface area is 203 Å². The number of hydrogen-bond donors (Lipinski definition) is 1. The molecule has 3 fully saturated rings. The standard InChI is InChI=1S/C28H29N3O2S/c1-15-25-23(33-3)11-19(28(32)30-14-20-26(29-20)16(30)2)12-24(25)34-27(15)22-10-18-6-4-5-7-21(18)31(22)13-17-8-9-17/h4-7,10-12,16-17,20,26,29H,8-9,13-14H2,1-3H3/t16?,20?,26-/m0/s1. The number of amides is 1. The summed E-state index contributed by atoms with van der Waals surface area (Å²) in [5.41, 5.74) is 4.54. The lowest BCUT2D eigenvalue weighted by molar-refractivity contribution is 0.0727. The number of methoxy groups -OCH3 is 1. The topological polar surface area (TPSA) is 56.4 Å². The molecule has 2 aliphatic heterocycles. The van der Waals surface area contributed by atoms with Crippen molar-refractivity contribution in [3.05, 3.63) is 53.6 Å². The van der Waals surface area contributed by atoms with Gasteiger partial charge in [0, 0.05) is 57.8 Å². The second-order valence-corrected chi connectivity index (χ2v) is 11.3. The zero-order chi connectivity index (χ0) is 23.1. The van der Waals surface area contributed by atoms with Gasteiger partial charge in [0.2, 0.25) is 0 Å². The Morgan fingerprint density at radius 2 is 2.03 bits per heavy atom. The number of rotatable bonds is 5. The van der Waals surface area contributed by atoms with Crippen LogP contribution in [-0.4, -0.2) is 47.2 Å². The van der Waals surface area contributed by atoms with Crippen molar-refractivity contribution in [2.45, 2.75) is 51.4 Å². The van der Waals surface area contributed by atoms with Crippen LogP contribution in [0.1, 0.15) is 35.7 Å². The average Bonchev–Trinajstić information content (AvgIpc) is 3.74. The molecule has 4 aromatic rings. The highest BCUT2D eigenvalue weighted by Crippen LogP contribution is 2.45. The predicted octanol–water partition coefficient (Wildman–Crippen LogP) is 5.43. The molecule has 2 unspecified atom stereocenters. The first-order valence-electron chi connectivity index (χ1n) is 12.3. The van der Waals surface area contributed by atoms with Gasteiger partial charge in [-0.25, -0.2) is 0 Å². The van der Waals surface area contributed by atoms with E-state index in [9.17, 15) is 4.79 Å². The van der Waals surface area contributed by atoms with Gasteiger partial charge in [0.1, 0.15) is 5.75 Å². The molecule has 5 nitrogen and oxygen atoms in total. The Balaban J connectivity index is 1.36. The van der Waals surface area contributed by atoms with Crippen LogP contribution >= 0.6 is 11.3 Å². The Morgan fingerprint density at radius 1 is 1.21 bits per heavy atom. The zero-order valence-corrected chi connectivity index (χ0v) is 20.6. The third-order valence-electron chi connectivity index (χ3n) is 8.04. The van der Waals surface area contributed by atoms with E-state index in [0.29, 0.717) is 12.1 Å². The van der Waals surface area contributed by atoms with Crippen LogP contribution in [0, 0.1) is 12.8 Å². The lowest BCUT2D eigenvalue weighted by Gasteiger charge is -2.24. The van der Waals surface area contributed by atoms with Crippen LogP contribution in [0.5, 0.6) is 5.75 Å².